The summed E-state index contributed by atoms with van der Waals surface area (Å²) in [6.07, 6.45) is 5.66. The molecule has 1 fully saturated rings. The van der Waals surface area contributed by atoms with E-state index in [0.29, 0.717) is 0 Å². The molecule has 0 aliphatic carbocycles. The maximum atomic E-state index is 4.03. The zero-order valence-electron chi connectivity index (χ0n) is 10.5. The predicted octanol–water partition coefficient (Wildman–Crippen LogP) is 2.93. The summed E-state index contributed by atoms with van der Waals surface area (Å²) in [4.78, 5) is 4.08. The van der Waals surface area contributed by atoms with E-state index in [0.717, 1.165) is 18.9 Å². The molecule has 0 saturated carbocycles. The highest BCUT2D eigenvalue weighted by Crippen LogP contribution is 2.22. The molecule has 4 heteroatoms. The molecule has 1 aliphatic rings. The van der Waals surface area contributed by atoms with Gasteiger partial charge in [-0.25, -0.2) is 0 Å². The van der Waals surface area contributed by atoms with E-state index in [1.54, 1.807) is 0 Å². The Balaban J connectivity index is 1.55. The Hall–Kier alpha value is -1.13. The van der Waals surface area contributed by atoms with E-state index >= 15 is 0 Å². The number of thiophene rings is 1. The molecule has 2 aromatic rings. The van der Waals surface area contributed by atoms with Crippen LogP contribution < -0.4 is 0 Å². The normalized spacial score (nSPS) is 21.2. The van der Waals surface area contributed by atoms with Gasteiger partial charge in [-0.3, -0.25) is 10.00 Å². The second kappa shape index (κ2) is 5.67. The fourth-order valence-corrected chi connectivity index (χ4v) is 3.54. The molecular weight excluding hydrogens is 242 g/mol. The molecule has 96 valence electrons. The summed E-state index contributed by atoms with van der Waals surface area (Å²) in [5.41, 5.74) is 1.28. The van der Waals surface area contributed by atoms with E-state index < -0.39 is 0 Å². The highest BCUT2D eigenvalue weighted by molar-refractivity contribution is 7.09. The molecule has 2 aromatic heterocycles. The Morgan fingerprint density at radius 1 is 1.44 bits per heavy atom. The number of nitrogens with one attached hydrogen (secondary N) is 1. The summed E-state index contributed by atoms with van der Waals surface area (Å²) in [6.45, 7) is 3.59. The van der Waals surface area contributed by atoms with Gasteiger partial charge in [0.25, 0.3) is 0 Å². The molecule has 1 atom stereocenters. The lowest BCUT2D eigenvalue weighted by molar-refractivity contribution is 0.167. The molecule has 3 heterocycles. The molecule has 0 bridgehead atoms. The Morgan fingerprint density at radius 3 is 3.22 bits per heavy atom. The average Bonchev–Trinajstić information content (AvgIpc) is 3.03. The second-order valence-corrected chi connectivity index (χ2v) is 6.14. The van der Waals surface area contributed by atoms with Gasteiger partial charge in [0.15, 0.2) is 0 Å². The van der Waals surface area contributed by atoms with Gasteiger partial charge in [-0.2, -0.15) is 5.10 Å². The van der Waals surface area contributed by atoms with Gasteiger partial charge >= 0.3 is 0 Å². The Morgan fingerprint density at radius 2 is 2.44 bits per heavy atom. The maximum Gasteiger partial charge on any atom is 0.0490 e. The van der Waals surface area contributed by atoms with Gasteiger partial charge in [-0.1, -0.05) is 6.07 Å². The predicted molar refractivity (Wildman–Crippen MR) is 74.6 cm³/mol. The number of piperidine rings is 1. The van der Waals surface area contributed by atoms with E-state index in [4.69, 9.17) is 0 Å². The van der Waals surface area contributed by atoms with Crippen molar-refractivity contribution in [3.63, 3.8) is 0 Å². The Bertz CT molecular complexity index is 407. The zero-order chi connectivity index (χ0) is 12.2. The Labute approximate surface area is 112 Å². The average molecular weight is 261 g/mol. The number of hydrogen-bond acceptors (Lipinski definition) is 3. The molecule has 3 nitrogen and oxygen atoms in total. The summed E-state index contributed by atoms with van der Waals surface area (Å²) in [5, 5.41) is 9.28. The molecule has 0 spiro atoms. The second-order valence-electron chi connectivity index (χ2n) is 5.11. The summed E-state index contributed by atoms with van der Waals surface area (Å²) in [5.74, 6) is 0.777. The molecule has 0 radical (unpaired) electrons. The molecule has 0 aromatic carbocycles. The van der Waals surface area contributed by atoms with Crippen molar-refractivity contribution >= 4 is 11.3 Å². The van der Waals surface area contributed by atoms with Crippen LogP contribution in [0.15, 0.2) is 29.8 Å². The third-order valence-electron chi connectivity index (χ3n) is 3.63. The SMILES string of the molecule is c1csc(CN2CCC[C@@H](Cc3ccn[nH]3)C2)c1. The summed E-state index contributed by atoms with van der Waals surface area (Å²) < 4.78 is 0. The first-order valence-corrected chi connectivity index (χ1v) is 7.51. The molecule has 1 aliphatic heterocycles. The van der Waals surface area contributed by atoms with Gasteiger partial charge in [-0.05, 0) is 49.2 Å². The van der Waals surface area contributed by atoms with Crippen molar-refractivity contribution in [3.05, 3.63) is 40.3 Å². The van der Waals surface area contributed by atoms with Gasteiger partial charge < -0.3 is 0 Å². The van der Waals surface area contributed by atoms with E-state index in [1.165, 1.54) is 36.5 Å². The van der Waals surface area contributed by atoms with Crippen LogP contribution in [0, 0.1) is 5.92 Å². The molecule has 1 N–H and O–H groups in total. The van der Waals surface area contributed by atoms with Crippen LogP contribution in [0.4, 0.5) is 0 Å². The van der Waals surface area contributed by atoms with E-state index in [2.05, 4.69) is 38.7 Å². The van der Waals surface area contributed by atoms with Gasteiger partial charge in [-0.15, -0.1) is 11.3 Å². The molecule has 3 rings (SSSR count). The van der Waals surface area contributed by atoms with Crippen LogP contribution >= 0.6 is 11.3 Å². The lowest BCUT2D eigenvalue weighted by Crippen LogP contribution is -2.35. The minimum atomic E-state index is 0.777. The van der Waals surface area contributed by atoms with Crippen molar-refractivity contribution in [1.82, 2.24) is 15.1 Å². The zero-order valence-corrected chi connectivity index (χ0v) is 11.3. The molecule has 0 unspecified atom stereocenters. The summed E-state index contributed by atoms with van der Waals surface area (Å²) in [6, 6.07) is 6.48. The summed E-state index contributed by atoms with van der Waals surface area (Å²) in [7, 11) is 0. The first kappa shape index (κ1) is 11.9. The van der Waals surface area contributed by atoms with Crippen LogP contribution in [-0.4, -0.2) is 28.2 Å². The van der Waals surface area contributed by atoms with Crippen molar-refractivity contribution in [2.24, 2.45) is 5.92 Å². The summed E-state index contributed by atoms with van der Waals surface area (Å²) >= 11 is 1.87. The molecule has 18 heavy (non-hydrogen) atoms. The third kappa shape index (κ3) is 3.00. The van der Waals surface area contributed by atoms with Crippen LogP contribution in [0.3, 0.4) is 0 Å². The first-order chi connectivity index (χ1) is 8.90. The van der Waals surface area contributed by atoms with E-state index in [9.17, 15) is 0 Å². The van der Waals surface area contributed by atoms with Crippen molar-refractivity contribution in [2.45, 2.75) is 25.8 Å². The maximum absolute atomic E-state index is 4.03. The van der Waals surface area contributed by atoms with Crippen molar-refractivity contribution in [2.75, 3.05) is 13.1 Å². The largest absolute Gasteiger partial charge is 0.298 e. The number of likely N-dealkylation sites (tertiary alicyclic amines) is 1. The van der Waals surface area contributed by atoms with E-state index in [-0.39, 0.29) is 0 Å². The minimum absolute atomic E-state index is 0.777. The van der Waals surface area contributed by atoms with Crippen LogP contribution in [0.5, 0.6) is 0 Å². The molecule has 0 amide bonds. The number of hydrogen-bond donors (Lipinski definition) is 1. The quantitative estimate of drug-likeness (QED) is 0.917. The van der Waals surface area contributed by atoms with Gasteiger partial charge in [0, 0.05) is 29.9 Å². The van der Waals surface area contributed by atoms with Gasteiger partial charge in [0.2, 0.25) is 0 Å². The highest BCUT2D eigenvalue weighted by Gasteiger charge is 2.20. The smallest absolute Gasteiger partial charge is 0.0490 e. The lowest BCUT2D eigenvalue weighted by atomic mass is 9.93. The van der Waals surface area contributed by atoms with Gasteiger partial charge in [0.1, 0.15) is 0 Å². The van der Waals surface area contributed by atoms with Crippen LogP contribution in [0.2, 0.25) is 0 Å². The van der Waals surface area contributed by atoms with Crippen molar-refractivity contribution in [1.29, 1.82) is 0 Å². The first-order valence-electron chi connectivity index (χ1n) is 6.63. The monoisotopic (exact) mass is 261 g/mol. The fraction of sp³-hybridized carbons (Fsp3) is 0.500. The number of aromatic nitrogens is 2. The fourth-order valence-electron chi connectivity index (χ4n) is 2.79. The van der Waals surface area contributed by atoms with Crippen molar-refractivity contribution < 1.29 is 0 Å². The topological polar surface area (TPSA) is 31.9 Å². The molecule has 1 saturated heterocycles. The third-order valence-corrected chi connectivity index (χ3v) is 4.49. The number of nitrogens with zero attached hydrogens (tertiary/aromatic N) is 2. The van der Waals surface area contributed by atoms with Crippen molar-refractivity contribution in [3.8, 4) is 0 Å². The van der Waals surface area contributed by atoms with Crippen LogP contribution in [0.1, 0.15) is 23.4 Å². The molecular formula is C14H19N3S. The standard InChI is InChI=1S/C14H19N3S/c1-3-12(9-13-5-6-15-16-13)10-17(7-1)11-14-4-2-8-18-14/h2,4-6,8,12H,1,3,7,9-11H2,(H,15,16)/t12-/m0/s1. The minimum Gasteiger partial charge on any atom is -0.298 e. The highest BCUT2D eigenvalue weighted by atomic mass is 32.1. The number of aromatic amines is 1. The van der Waals surface area contributed by atoms with Crippen LogP contribution in [-0.2, 0) is 13.0 Å². The lowest BCUT2D eigenvalue weighted by Gasteiger charge is -2.32. The number of rotatable bonds is 4. The van der Waals surface area contributed by atoms with Gasteiger partial charge in [0.05, 0.1) is 0 Å². The number of H-pyrrole nitrogens is 1. The van der Waals surface area contributed by atoms with Crippen LogP contribution in [0.25, 0.3) is 0 Å². The Kier molecular flexibility index (Phi) is 3.76. The van der Waals surface area contributed by atoms with E-state index in [1.807, 2.05) is 17.5 Å².